The number of likely N-dealkylation sites (tertiary alicyclic amines) is 1. The summed E-state index contributed by atoms with van der Waals surface area (Å²) in [5.74, 6) is -0.735. The molecule has 1 aromatic heterocycles. The van der Waals surface area contributed by atoms with Crippen LogP contribution in [0, 0.1) is 11.8 Å². The second-order valence-corrected chi connectivity index (χ2v) is 9.20. The van der Waals surface area contributed by atoms with E-state index in [2.05, 4.69) is 22.4 Å². The van der Waals surface area contributed by atoms with Gasteiger partial charge in [0.2, 0.25) is 11.8 Å². The van der Waals surface area contributed by atoms with Gasteiger partial charge in [-0.25, -0.2) is 0 Å². The molecule has 6 heteroatoms. The summed E-state index contributed by atoms with van der Waals surface area (Å²) in [6.45, 7) is 1.15. The number of carbonyl (C=O) groups excluding carboxylic acids is 2. The SMILES string of the molecule is O=C(NCCc1c[nH]c2ccccc12)[C@@H]1[C@@H]2C=C[C@@]3(CN(C4CCCC4)C(=O)[C@H]13)O2. The minimum absolute atomic E-state index is 0.0577. The van der Waals surface area contributed by atoms with Crippen molar-refractivity contribution in [3.63, 3.8) is 0 Å². The van der Waals surface area contributed by atoms with Crippen molar-refractivity contribution in [1.82, 2.24) is 15.2 Å². The first-order chi connectivity index (χ1) is 14.7. The highest BCUT2D eigenvalue weighted by Gasteiger charge is 2.67. The zero-order valence-corrected chi connectivity index (χ0v) is 17.0. The Hall–Kier alpha value is -2.60. The molecule has 1 aliphatic carbocycles. The fourth-order valence-corrected chi connectivity index (χ4v) is 6.13. The topological polar surface area (TPSA) is 74.4 Å². The molecule has 1 aromatic carbocycles. The van der Waals surface area contributed by atoms with Crippen LogP contribution < -0.4 is 5.32 Å². The van der Waals surface area contributed by atoms with Crippen molar-refractivity contribution in [2.24, 2.45) is 11.8 Å². The third kappa shape index (κ3) is 2.59. The summed E-state index contributed by atoms with van der Waals surface area (Å²) in [7, 11) is 0. The van der Waals surface area contributed by atoms with Gasteiger partial charge < -0.3 is 19.9 Å². The lowest BCUT2D eigenvalue weighted by molar-refractivity contribution is -0.138. The lowest BCUT2D eigenvalue weighted by Gasteiger charge is -2.27. The van der Waals surface area contributed by atoms with E-state index in [0.29, 0.717) is 19.1 Å². The van der Waals surface area contributed by atoms with Gasteiger partial charge in [0.15, 0.2) is 0 Å². The van der Waals surface area contributed by atoms with Crippen LogP contribution in [0.4, 0.5) is 0 Å². The number of hydrogen-bond donors (Lipinski definition) is 2. The standard InChI is InChI=1S/C24H27N3O3/c28-22(25-12-10-15-13-26-18-8-4-3-7-17(15)18)20-19-9-11-24(30-19)14-27(23(29)21(20)24)16-5-1-2-6-16/h3-4,7-9,11,13,16,19-21,26H,1-2,5-6,10,12,14H2,(H,25,28)/t19-,20+,21-,24-/m0/s1. The number of aromatic amines is 1. The maximum absolute atomic E-state index is 13.3. The van der Waals surface area contributed by atoms with E-state index in [-0.39, 0.29) is 23.8 Å². The number of aromatic nitrogens is 1. The molecular weight excluding hydrogens is 378 g/mol. The molecule has 1 spiro atoms. The number of ether oxygens (including phenoxy) is 1. The quantitative estimate of drug-likeness (QED) is 0.751. The molecule has 30 heavy (non-hydrogen) atoms. The number of nitrogens with one attached hydrogen (secondary N) is 2. The van der Waals surface area contributed by atoms with E-state index in [0.717, 1.165) is 24.8 Å². The van der Waals surface area contributed by atoms with Gasteiger partial charge in [-0.2, -0.15) is 0 Å². The second-order valence-electron chi connectivity index (χ2n) is 9.20. The fourth-order valence-electron chi connectivity index (χ4n) is 6.13. The van der Waals surface area contributed by atoms with Gasteiger partial charge in [0.05, 0.1) is 24.5 Å². The smallest absolute Gasteiger partial charge is 0.230 e. The van der Waals surface area contributed by atoms with E-state index in [1.165, 1.54) is 23.8 Å². The van der Waals surface area contributed by atoms with Crippen LogP contribution in [0.5, 0.6) is 0 Å². The third-order valence-corrected chi connectivity index (χ3v) is 7.57. The van der Waals surface area contributed by atoms with Crippen LogP contribution in [-0.4, -0.2) is 52.5 Å². The molecule has 2 N–H and O–H groups in total. The summed E-state index contributed by atoms with van der Waals surface area (Å²) < 4.78 is 6.25. The Balaban J connectivity index is 1.15. The highest BCUT2D eigenvalue weighted by molar-refractivity contribution is 5.93. The molecule has 3 fully saturated rings. The van der Waals surface area contributed by atoms with E-state index < -0.39 is 11.5 Å². The Kier molecular flexibility index (Phi) is 4.07. The van der Waals surface area contributed by atoms with Gasteiger partial charge in [-0.1, -0.05) is 43.2 Å². The number of hydrogen-bond acceptors (Lipinski definition) is 3. The molecule has 3 aliphatic heterocycles. The normalized spacial score (nSPS) is 32.5. The number of carbonyl (C=O) groups is 2. The summed E-state index contributed by atoms with van der Waals surface area (Å²) in [5.41, 5.74) is 1.70. The summed E-state index contributed by atoms with van der Waals surface area (Å²) in [5, 5.41) is 4.28. The average Bonchev–Trinajstić information content (AvgIpc) is 3.56. The first-order valence-electron chi connectivity index (χ1n) is 11.2. The van der Waals surface area contributed by atoms with Crippen molar-refractivity contribution in [2.75, 3.05) is 13.1 Å². The Bertz CT molecular complexity index is 1040. The largest absolute Gasteiger partial charge is 0.361 e. The molecule has 6 nitrogen and oxygen atoms in total. The van der Waals surface area contributed by atoms with Gasteiger partial charge in [0.1, 0.15) is 5.60 Å². The Morgan fingerprint density at radius 2 is 2.10 bits per heavy atom. The molecule has 0 unspecified atom stereocenters. The van der Waals surface area contributed by atoms with E-state index >= 15 is 0 Å². The minimum atomic E-state index is -0.594. The monoisotopic (exact) mass is 405 g/mol. The van der Waals surface area contributed by atoms with E-state index in [1.54, 1.807) is 0 Å². The van der Waals surface area contributed by atoms with Crippen LogP contribution in [0.15, 0.2) is 42.6 Å². The molecule has 4 atom stereocenters. The van der Waals surface area contributed by atoms with Gasteiger partial charge >= 0.3 is 0 Å². The van der Waals surface area contributed by atoms with Gasteiger partial charge in [-0.15, -0.1) is 0 Å². The van der Waals surface area contributed by atoms with Crippen LogP contribution >= 0.6 is 0 Å². The van der Waals surface area contributed by atoms with Crippen molar-refractivity contribution >= 4 is 22.7 Å². The van der Waals surface area contributed by atoms with Crippen LogP contribution in [0.3, 0.4) is 0 Å². The van der Waals surface area contributed by atoms with Gasteiger partial charge in [0, 0.05) is 29.7 Å². The number of rotatable bonds is 5. The second kappa shape index (κ2) is 6.71. The summed E-state index contributed by atoms with van der Waals surface area (Å²) >= 11 is 0. The molecule has 156 valence electrons. The summed E-state index contributed by atoms with van der Waals surface area (Å²) in [6, 6.07) is 8.50. The zero-order valence-electron chi connectivity index (χ0n) is 17.0. The predicted molar refractivity (Wildman–Crippen MR) is 113 cm³/mol. The van der Waals surface area contributed by atoms with Crippen LogP contribution in [0.1, 0.15) is 31.2 Å². The van der Waals surface area contributed by atoms with E-state index in [9.17, 15) is 9.59 Å². The molecule has 2 amide bonds. The van der Waals surface area contributed by atoms with Gasteiger partial charge in [-0.3, -0.25) is 9.59 Å². The van der Waals surface area contributed by atoms with Crippen molar-refractivity contribution in [1.29, 1.82) is 0 Å². The highest BCUT2D eigenvalue weighted by atomic mass is 16.5. The van der Waals surface area contributed by atoms with Crippen molar-refractivity contribution in [2.45, 2.75) is 49.9 Å². The zero-order chi connectivity index (χ0) is 20.3. The van der Waals surface area contributed by atoms with Crippen LogP contribution in [0.25, 0.3) is 10.9 Å². The van der Waals surface area contributed by atoms with Crippen LogP contribution in [0.2, 0.25) is 0 Å². The van der Waals surface area contributed by atoms with Gasteiger partial charge in [-0.05, 0) is 30.9 Å². The van der Waals surface area contributed by atoms with Gasteiger partial charge in [0.25, 0.3) is 0 Å². The maximum Gasteiger partial charge on any atom is 0.230 e. The number of nitrogens with zero attached hydrogens (tertiary/aromatic N) is 1. The summed E-state index contributed by atoms with van der Waals surface area (Å²) in [4.78, 5) is 31.7. The molecule has 2 aromatic rings. The Labute approximate surface area is 175 Å². The fraction of sp³-hybridized carbons (Fsp3) is 0.500. The molecular formula is C24H27N3O3. The maximum atomic E-state index is 13.3. The number of H-pyrrole nitrogens is 1. The highest BCUT2D eigenvalue weighted by Crippen LogP contribution is 2.53. The molecule has 1 saturated carbocycles. The number of fused-ring (bicyclic) bond motifs is 2. The first-order valence-corrected chi connectivity index (χ1v) is 11.2. The minimum Gasteiger partial charge on any atom is -0.361 e. The number of para-hydroxylation sites is 1. The third-order valence-electron chi connectivity index (χ3n) is 7.57. The Morgan fingerprint density at radius 1 is 1.27 bits per heavy atom. The lowest BCUT2D eigenvalue weighted by Crippen LogP contribution is -2.45. The predicted octanol–water partition coefficient (Wildman–Crippen LogP) is 2.55. The molecule has 2 bridgehead atoms. The molecule has 0 radical (unpaired) electrons. The number of amides is 2. The van der Waals surface area contributed by atoms with E-state index in [1.807, 2.05) is 35.4 Å². The Morgan fingerprint density at radius 3 is 2.97 bits per heavy atom. The van der Waals surface area contributed by atoms with Crippen molar-refractivity contribution < 1.29 is 14.3 Å². The molecule has 4 heterocycles. The summed E-state index contributed by atoms with van der Waals surface area (Å²) in [6.07, 6.45) is 11.0. The molecule has 2 saturated heterocycles. The average molecular weight is 405 g/mol. The number of benzene rings is 1. The van der Waals surface area contributed by atoms with Crippen molar-refractivity contribution in [3.8, 4) is 0 Å². The molecule has 6 rings (SSSR count). The van der Waals surface area contributed by atoms with Crippen molar-refractivity contribution in [3.05, 3.63) is 48.2 Å². The molecule has 4 aliphatic rings. The van der Waals surface area contributed by atoms with E-state index in [4.69, 9.17) is 4.74 Å². The van der Waals surface area contributed by atoms with Crippen LogP contribution in [-0.2, 0) is 20.7 Å². The lowest BCUT2D eigenvalue weighted by atomic mass is 9.77. The first kappa shape index (κ1) is 18.2.